The zero-order valence-electron chi connectivity index (χ0n) is 25.3. The van der Waals surface area contributed by atoms with Gasteiger partial charge in [-0.15, -0.1) is 0 Å². The van der Waals surface area contributed by atoms with E-state index in [-0.39, 0.29) is 0 Å². The second kappa shape index (κ2) is 11.2. The molecular formula is C43H27N3O. The van der Waals surface area contributed by atoms with Crippen molar-refractivity contribution >= 4 is 32.7 Å². The van der Waals surface area contributed by atoms with Crippen LogP contribution >= 0.6 is 0 Å². The first kappa shape index (κ1) is 27.0. The molecule has 0 N–H and O–H groups in total. The molecule has 0 saturated carbocycles. The van der Waals surface area contributed by atoms with Gasteiger partial charge in [0.2, 0.25) is 0 Å². The Bertz CT molecular complexity index is 2570. The normalized spacial score (nSPS) is 11.4. The number of hydrogen-bond acceptors (Lipinski definition) is 4. The van der Waals surface area contributed by atoms with Crippen LogP contribution in [0.2, 0.25) is 0 Å². The highest BCUT2D eigenvalue weighted by Gasteiger charge is 2.19. The number of hydrogen-bond donors (Lipinski definition) is 0. The molecule has 0 saturated heterocycles. The smallest absolute Gasteiger partial charge is 0.164 e. The average Bonchev–Trinajstić information content (AvgIpc) is 3.54. The van der Waals surface area contributed by atoms with E-state index < -0.39 is 0 Å². The van der Waals surface area contributed by atoms with Crippen LogP contribution in [0.4, 0.5) is 0 Å². The molecule has 4 heteroatoms. The van der Waals surface area contributed by atoms with Crippen molar-refractivity contribution in [3.63, 3.8) is 0 Å². The van der Waals surface area contributed by atoms with E-state index in [0.29, 0.717) is 17.5 Å². The molecular weight excluding hydrogens is 574 g/mol. The third kappa shape index (κ3) is 4.84. The molecule has 9 aromatic rings. The molecule has 0 aliphatic heterocycles. The lowest BCUT2D eigenvalue weighted by molar-refractivity contribution is 0.669. The minimum atomic E-state index is 0.616. The average molecular weight is 602 g/mol. The molecule has 0 radical (unpaired) electrons. The van der Waals surface area contributed by atoms with Gasteiger partial charge in [-0.3, -0.25) is 0 Å². The van der Waals surface area contributed by atoms with E-state index in [1.165, 1.54) is 10.9 Å². The highest BCUT2D eigenvalue weighted by molar-refractivity contribution is 6.13. The van der Waals surface area contributed by atoms with Crippen LogP contribution in [0, 0.1) is 0 Å². The Hall–Kier alpha value is -6.39. The molecule has 4 nitrogen and oxygen atoms in total. The molecule has 0 amide bonds. The lowest BCUT2D eigenvalue weighted by atomic mass is 9.95. The first-order valence-corrected chi connectivity index (χ1v) is 15.7. The van der Waals surface area contributed by atoms with Crippen molar-refractivity contribution in [3.8, 4) is 56.4 Å². The van der Waals surface area contributed by atoms with E-state index in [0.717, 1.165) is 60.7 Å². The number of para-hydroxylation sites is 1. The lowest BCUT2D eigenvalue weighted by Crippen LogP contribution is -2.01. The van der Waals surface area contributed by atoms with Gasteiger partial charge < -0.3 is 4.42 Å². The SMILES string of the molecule is c1ccc(-c2ccc(-c3nc(-c4ccc5ccccc5c4)nc(-c4ccccc4-c4cccc5oc6ccccc6c45)n3)cc2)cc1. The summed E-state index contributed by atoms with van der Waals surface area (Å²) in [5.41, 5.74) is 8.93. The Morgan fingerprint density at radius 3 is 1.77 bits per heavy atom. The number of nitrogens with zero attached hydrogens (tertiary/aromatic N) is 3. The van der Waals surface area contributed by atoms with E-state index in [1.54, 1.807) is 0 Å². The Morgan fingerprint density at radius 2 is 0.915 bits per heavy atom. The number of rotatable bonds is 5. The summed E-state index contributed by atoms with van der Waals surface area (Å²) >= 11 is 0. The fraction of sp³-hybridized carbons (Fsp3) is 0. The number of fused-ring (bicyclic) bond motifs is 4. The van der Waals surface area contributed by atoms with E-state index in [4.69, 9.17) is 19.4 Å². The van der Waals surface area contributed by atoms with Crippen LogP contribution in [-0.2, 0) is 0 Å². The standard InChI is InChI=1S/C43H27N3O/c1-2-11-28(12-3-1)30-21-24-31(25-22-30)41-44-42(33-26-23-29-13-4-5-14-32(29)27-33)46-43(45-41)36-16-7-6-15-34(36)35-18-10-20-39-40(35)37-17-8-9-19-38(37)47-39/h1-27H. The predicted octanol–water partition coefficient (Wildman–Crippen LogP) is 11.3. The van der Waals surface area contributed by atoms with Crippen molar-refractivity contribution in [1.29, 1.82) is 0 Å². The van der Waals surface area contributed by atoms with Gasteiger partial charge in [0.15, 0.2) is 17.5 Å². The van der Waals surface area contributed by atoms with Crippen LogP contribution in [0.25, 0.3) is 89.1 Å². The highest BCUT2D eigenvalue weighted by atomic mass is 16.3. The van der Waals surface area contributed by atoms with Gasteiger partial charge in [-0.05, 0) is 51.2 Å². The van der Waals surface area contributed by atoms with Gasteiger partial charge in [-0.2, -0.15) is 0 Å². The second-order valence-electron chi connectivity index (χ2n) is 11.6. The number of furan rings is 1. The van der Waals surface area contributed by atoms with Crippen molar-refractivity contribution < 1.29 is 4.42 Å². The van der Waals surface area contributed by atoms with Crippen molar-refractivity contribution in [2.24, 2.45) is 0 Å². The van der Waals surface area contributed by atoms with Gasteiger partial charge in [-0.25, -0.2) is 15.0 Å². The van der Waals surface area contributed by atoms with Gasteiger partial charge in [0.25, 0.3) is 0 Å². The lowest BCUT2D eigenvalue weighted by Gasteiger charge is -2.13. The van der Waals surface area contributed by atoms with E-state index in [9.17, 15) is 0 Å². The maximum atomic E-state index is 6.25. The van der Waals surface area contributed by atoms with Gasteiger partial charge in [0.05, 0.1) is 0 Å². The topological polar surface area (TPSA) is 51.8 Å². The van der Waals surface area contributed by atoms with Crippen LogP contribution in [0.1, 0.15) is 0 Å². The van der Waals surface area contributed by atoms with E-state index >= 15 is 0 Å². The molecule has 0 aliphatic carbocycles. The third-order valence-electron chi connectivity index (χ3n) is 8.75. The second-order valence-corrected chi connectivity index (χ2v) is 11.6. The van der Waals surface area contributed by atoms with Crippen LogP contribution in [0.5, 0.6) is 0 Å². The number of benzene rings is 7. The summed E-state index contributed by atoms with van der Waals surface area (Å²) in [7, 11) is 0. The van der Waals surface area contributed by atoms with E-state index in [1.807, 2.05) is 36.4 Å². The van der Waals surface area contributed by atoms with Crippen LogP contribution in [-0.4, -0.2) is 15.0 Å². The Labute approximate surface area is 271 Å². The highest BCUT2D eigenvalue weighted by Crippen LogP contribution is 2.40. The van der Waals surface area contributed by atoms with Crippen molar-refractivity contribution in [2.45, 2.75) is 0 Å². The largest absolute Gasteiger partial charge is 0.456 e. The molecule has 9 rings (SSSR count). The van der Waals surface area contributed by atoms with Gasteiger partial charge >= 0.3 is 0 Å². The first-order valence-electron chi connectivity index (χ1n) is 15.7. The van der Waals surface area contributed by atoms with Crippen molar-refractivity contribution in [1.82, 2.24) is 15.0 Å². The van der Waals surface area contributed by atoms with Crippen LogP contribution in [0.3, 0.4) is 0 Å². The molecule has 7 aromatic carbocycles. The Morgan fingerprint density at radius 1 is 0.340 bits per heavy atom. The summed E-state index contributed by atoms with van der Waals surface area (Å²) < 4.78 is 6.25. The quantitative estimate of drug-likeness (QED) is 0.197. The fourth-order valence-corrected chi connectivity index (χ4v) is 6.44. The predicted molar refractivity (Wildman–Crippen MR) is 192 cm³/mol. The Balaban J connectivity index is 1.25. The molecule has 0 fully saturated rings. The number of aromatic nitrogens is 3. The zero-order chi connectivity index (χ0) is 31.2. The summed E-state index contributed by atoms with van der Waals surface area (Å²) in [6.07, 6.45) is 0. The maximum Gasteiger partial charge on any atom is 0.164 e. The monoisotopic (exact) mass is 601 g/mol. The molecule has 47 heavy (non-hydrogen) atoms. The van der Waals surface area contributed by atoms with E-state index in [2.05, 4.69) is 127 Å². The summed E-state index contributed by atoms with van der Waals surface area (Å²) in [4.78, 5) is 15.3. The fourth-order valence-electron chi connectivity index (χ4n) is 6.44. The molecule has 0 aliphatic rings. The van der Waals surface area contributed by atoms with Crippen LogP contribution < -0.4 is 0 Å². The zero-order valence-corrected chi connectivity index (χ0v) is 25.3. The molecule has 2 aromatic heterocycles. The first-order chi connectivity index (χ1) is 23.3. The van der Waals surface area contributed by atoms with Gasteiger partial charge in [0, 0.05) is 27.5 Å². The summed E-state index contributed by atoms with van der Waals surface area (Å²) in [5, 5.41) is 4.48. The Kier molecular flexibility index (Phi) is 6.43. The molecule has 0 spiro atoms. The van der Waals surface area contributed by atoms with Crippen molar-refractivity contribution in [2.75, 3.05) is 0 Å². The maximum absolute atomic E-state index is 6.25. The third-order valence-corrected chi connectivity index (χ3v) is 8.75. The molecule has 0 atom stereocenters. The molecule has 0 bridgehead atoms. The van der Waals surface area contributed by atoms with Gasteiger partial charge in [0.1, 0.15) is 11.2 Å². The van der Waals surface area contributed by atoms with Crippen molar-refractivity contribution in [3.05, 3.63) is 164 Å². The van der Waals surface area contributed by atoms with Gasteiger partial charge in [-0.1, -0.05) is 146 Å². The summed E-state index contributed by atoms with van der Waals surface area (Å²) in [5.74, 6) is 1.87. The molecule has 0 unspecified atom stereocenters. The summed E-state index contributed by atoms with van der Waals surface area (Å²) in [6, 6.07) is 56.3. The summed E-state index contributed by atoms with van der Waals surface area (Å²) in [6.45, 7) is 0. The minimum Gasteiger partial charge on any atom is -0.456 e. The molecule has 2 heterocycles. The molecule has 220 valence electrons. The van der Waals surface area contributed by atoms with Crippen LogP contribution in [0.15, 0.2) is 168 Å². The minimum absolute atomic E-state index is 0.616.